The summed E-state index contributed by atoms with van der Waals surface area (Å²) in [5, 5.41) is 0. The van der Waals surface area contributed by atoms with Crippen molar-refractivity contribution in [3.05, 3.63) is 70.8 Å². The van der Waals surface area contributed by atoms with Crippen molar-refractivity contribution in [2.75, 3.05) is 25.0 Å². The number of hydrogen-bond donors (Lipinski definition) is 0. The van der Waals surface area contributed by atoms with Crippen LogP contribution in [0.5, 0.6) is 0 Å². The molecular weight excluding hydrogens is 377 g/mol. The second-order valence-corrected chi connectivity index (χ2v) is 7.95. The van der Waals surface area contributed by atoms with Gasteiger partial charge in [-0.05, 0) is 62.3 Å². The smallest absolute Gasteiger partial charge is 0.306 e. The fraction of sp³-hybridized carbons (Fsp3) is 0.348. The van der Waals surface area contributed by atoms with Crippen LogP contribution >= 0.6 is 0 Å². The molecule has 2 atom stereocenters. The highest BCUT2D eigenvalue weighted by molar-refractivity contribution is 6.06. The first-order chi connectivity index (χ1) is 13.7. The third kappa shape index (κ3) is 3.81. The van der Waals surface area contributed by atoms with Crippen molar-refractivity contribution in [3.8, 4) is 0 Å². The van der Waals surface area contributed by atoms with Gasteiger partial charge in [-0.3, -0.25) is 4.79 Å². The van der Waals surface area contributed by atoms with Crippen LogP contribution in [-0.4, -0.2) is 37.0 Å². The number of likely N-dealkylation sites (tertiary alicyclic amines) is 1. The predicted molar refractivity (Wildman–Crippen MR) is 108 cm³/mol. The lowest BCUT2D eigenvalue weighted by Crippen LogP contribution is -2.46. The van der Waals surface area contributed by atoms with Gasteiger partial charge in [0.15, 0.2) is 0 Å². The topological polar surface area (TPSA) is 23.6 Å². The van der Waals surface area contributed by atoms with Crippen LogP contribution in [0.4, 0.5) is 18.9 Å². The van der Waals surface area contributed by atoms with E-state index in [0.717, 1.165) is 42.9 Å². The quantitative estimate of drug-likeness (QED) is 0.672. The number of likely N-dealkylation sites (N-methyl/N-ethyl adjacent to an activating group) is 1. The molecule has 0 saturated carbocycles. The van der Waals surface area contributed by atoms with Gasteiger partial charge in [0.05, 0.1) is 5.56 Å². The van der Waals surface area contributed by atoms with Gasteiger partial charge in [-0.1, -0.05) is 29.8 Å². The van der Waals surface area contributed by atoms with Crippen molar-refractivity contribution in [2.24, 2.45) is 0 Å². The Bertz CT molecular complexity index is 967. The van der Waals surface area contributed by atoms with Gasteiger partial charge in [-0.25, -0.2) is 0 Å². The normalized spacial score (nSPS) is 22.0. The van der Waals surface area contributed by atoms with Crippen LogP contribution in [0, 0.1) is 6.92 Å². The van der Waals surface area contributed by atoms with Crippen LogP contribution in [0.3, 0.4) is 0 Å². The first-order valence-corrected chi connectivity index (χ1v) is 9.71. The van der Waals surface area contributed by atoms with E-state index in [2.05, 4.69) is 18.0 Å². The number of aryl methyl sites for hydroxylation is 1. The Labute approximate surface area is 168 Å². The molecule has 1 saturated heterocycles. The Morgan fingerprint density at radius 1 is 1.17 bits per heavy atom. The molecule has 2 aromatic carbocycles. The Hall–Kier alpha value is -2.60. The molecule has 4 rings (SSSR count). The van der Waals surface area contributed by atoms with Crippen molar-refractivity contribution in [3.63, 3.8) is 0 Å². The second-order valence-electron chi connectivity index (χ2n) is 7.95. The summed E-state index contributed by atoms with van der Waals surface area (Å²) in [4.78, 5) is 17.2. The minimum atomic E-state index is -4.40. The molecule has 2 aromatic rings. The lowest BCUT2D eigenvalue weighted by atomic mass is 9.89. The van der Waals surface area contributed by atoms with Crippen LogP contribution in [0.25, 0.3) is 6.08 Å². The third-order valence-corrected chi connectivity index (χ3v) is 5.82. The van der Waals surface area contributed by atoms with Gasteiger partial charge < -0.3 is 9.80 Å². The van der Waals surface area contributed by atoms with Gasteiger partial charge in [0.2, 0.25) is 0 Å². The van der Waals surface area contributed by atoms with E-state index in [9.17, 15) is 18.0 Å². The Morgan fingerprint density at radius 3 is 2.72 bits per heavy atom. The second kappa shape index (κ2) is 7.34. The number of fused-ring (bicyclic) bond motifs is 3. The molecule has 29 heavy (non-hydrogen) atoms. The lowest BCUT2D eigenvalue weighted by molar-refractivity contribution is -0.137. The average Bonchev–Trinajstić information content (AvgIpc) is 2.98. The lowest BCUT2D eigenvalue weighted by Gasteiger charge is -2.36. The van der Waals surface area contributed by atoms with E-state index < -0.39 is 11.7 Å². The van der Waals surface area contributed by atoms with Crippen molar-refractivity contribution >= 4 is 17.7 Å². The average molecular weight is 400 g/mol. The van der Waals surface area contributed by atoms with Crippen LogP contribution in [0.1, 0.15) is 34.6 Å². The molecule has 0 unspecified atom stereocenters. The maximum Gasteiger partial charge on any atom is 0.416 e. The summed E-state index contributed by atoms with van der Waals surface area (Å²) in [6, 6.07) is 11.2. The Balaban J connectivity index is 1.63. The molecule has 0 aromatic heterocycles. The maximum absolute atomic E-state index is 13.1. The van der Waals surface area contributed by atoms with Gasteiger partial charge in [0.25, 0.3) is 5.91 Å². The van der Waals surface area contributed by atoms with Crippen LogP contribution in [0.15, 0.2) is 48.5 Å². The van der Waals surface area contributed by atoms with E-state index >= 15 is 0 Å². The molecule has 1 amide bonds. The van der Waals surface area contributed by atoms with E-state index in [4.69, 9.17) is 0 Å². The Morgan fingerprint density at radius 2 is 1.97 bits per heavy atom. The summed E-state index contributed by atoms with van der Waals surface area (Å²) in [5.41, 5.74) is 2.90. The van der Waals surface area contributed by atoms with E-state index in [-0.39, 0.29) is 17.9 Å². The van der Waals surface area contributed by atoms with Gasteiger partial charge >= 0.3 is 6.18 Å². The van der Waals surface area contributed by atoms with Crippen LogP contribution in [0.2, 0.25) is 0 Å². The van der Waals surface area contributed by atoms with E-state index in [1.165, 1.54) is 23.8 Å². The van der Waals surface area contributed by atoms with Crippen LogP contribution < -0.4 is 4.90 Å². The van der Waals surface area contributed by atoms with Gasteiger partial charge in [-0.15, -0.1) is 0 Å². The molecule has 1 fully saturated rings. The van der Waals surface area contributed by atoms with Crippen molar-refractivity contribution in [2.45, 2.75) is 31.5 Å². The van der Waals surface area contributed by atoms with Crippen LogP contribution in [-0.2, 0) is 11.0 Å². The number of nitrogens with zero attached hydrogens (tertiary/aromatic N) is 2. The number of carbonyl (C=O) groups is 1. The Kier molecular flexibility index (Phi) is 4.99. The molecule has 2 aliphatic rings. The number of halogens is 3. The number of alkyl halides is 3. The van der Waals surface area contributed by atoms with E-state index in [0.29, 0.717) is 5.56 Å². The molecule has 2 aliphatic heterocycles. The minimum Gasteiger partial charge on any atom is -0.306 e. The highest BCUT2D eigenvalue weighted by atomic mass is 19.4. The number of rotatable bonds is 2. The fourth-order valence-corrected chi connectivity index (χ4v) is 4.43. The predicted octanol–water partition coefficient (Wildman–Crippen LogP) is 4.86. The zero-order valence-electron chi connectivity index (χ0n) is 16.4. The first-order valence-electron chi connectivity index (χ1n) is 9.71. The SMILES string of the molecule is Cc1ccc2c(c1)[C@H]1CN(C)CC[C@@H]1N2C(=O)/C=C/c1cccc(C(F)(F)F)c1. The molecule has 0 radical (unpaired) electrons. The molecule has 0 N–H and O–H groups in total. The zero-order chi connectivity index (χ0) is 20.8. The van der Waals surface area contributed by atoms with Gasteiger partial charge in [0, 0.05) is 30.3 Å². The number of piperidine rings is 1. The molecule has 2 heterocycles. The summed E-state index contributed by atoms with van der Waals surface area (Å²) in [6.07, 6.45) is -0.674. The number of hydrogen-bond acceptors (Lipinski definition) is 2. The first kappa shape index (κ1) is 19.7. The van der Waals surface area contributed by atoms with Crippen molar-refractivity contribution in [1.82, 2.24) is 4.90 Å². The minimum absolute atomic E-state index is 0.0849. The summed E-state index contributed by atoms with van der Waals surface area (Å²) in [5.74, 6) is 0.0686. The molecule has 152 valence electrons. The monoisotopic (exact) mass is 400 g/mol. The van der Waals surface area contributed by atoms with E-state index in [1.807, 2.05) is 24.0 Å². The summed E-state index contributed by atoms with van der Waals surface area (Å²) in [6.45, 7) is 3.84. The molecule has 0 spiro atoms. The number of carbonyl (C=O) groups excluding carboxylic acids is 1. The molecule has 3 nitrogen and oxygen atoms in total. The molecular formula is C23H23F3N2O. The van der Waals surface area contributed by atoms with E-state index in [1.54, 1.807) is 6.07 Å². The highest BCUT2D eigenvalue weighted by Crippen LogP contribution is 2.45. The van der Waals surface area contributed by atoms with Gasteiger partial charge in [0.1, 0.15) is 0 Å². The molecule has 0 aliphatic carbocycles. The number of amides is 1. The number of anilines is 1. The summed E-state index contributed by atoms with van der Waals surface area (Å²) < 4.78 is 38.8. The third-order valence-electron chi connectivity index (χ3n) is 5.82. The van der Waals surface area contributed by atoms with Crippen molar-refractivity contribution < 1.29 is 18.0 Å². The number of benzene rings is 2. The van der Waals surface area contributed by atoms with Crippen molar-refractivity contribution in [1.29, 1.82) is 0 Å². The summed E-state index contributed by atoms with van der Waals surface area (Å²) >= 11 is 0. The van der Waals surface area contributed by atoms with Gasteiger partial charge in [-0.2, -0.15) is 13.2 Å². The highest BCUT2D eigenvalue weighted by Gasteiger charge is 2.43. The zero-order valence-corrected chi connectivity index (χ0v) is 16.4. The molecule has 6 heteroatoms. The standard InChI is InChI=1S/C23H23F3N2O/c1-15-6-8-20-18(12-15)19-14-27(2)11-10-21(19)28(20)22(29)9-7-16-4-3-5-17(13-16)23(24,25)26/h3-9,12-13,19,21H,10-11,14H2,1-2H3/b9-7+/t19-,21+/m1/s1. The maximum atomic E-state index is 13.1. The summed E-state index contributed by atoms with van der Waals surface area (Å²) in [7, 11) is 2.09. The molecule has 0 bridgehead atoms. The fourth-order valence-electron chi connectivity index (χ4n) is 4.43. The largest absolute Gasteiger partial charge is 0.416 e.